The first kappa shape index (κ1) is 13.0. The van der Waals surface area contributed by atoms with E-state index in [0.717, 1.165) is 12.2 Å². The number of rotatable bonds is 4. The molecule has 1 atom stereocenters. The van der Waals surface area contributed by atoms with Gasteiger partial charge >= 0.3 is 0 Å². The molecule has 1 aliphatic rings. The molecule has 1 rings (SSSR count). The Bertz CT molecular complexity index is 246. The third-order valence-electron chi connectivity index (χ3n) is 2.91. The summed E-state index contributed by atoms with van der Waals surface area (Å²) in [5, 5.41) is 0. The molecule has 0 aromatic carbocycles. The van der Waals surface area contributed by atoms with Gasteiger partial charge in [-0.1, -0.05) is 6.92 Å². The third-order valence-corrected chi connectivity index (χ3v) is 3.81. The van der Waals surface area contributed by atoms with Crippen LogP contribution in [0.2, 0.25) is 0 Å². The van der Waals surface area contributed by atoms with Crippen molar-refractivity contribution in [2.24, 2.45) is 5.92 Å². The Morgan fingerprint density at radius 1 is 1.40 bits per heavy atom. The zero-order valence-corrected chi connectivity index (χ0v) is 11.2. The minimum absolute atomic E-state index is 0.0616. The van der Waals surface area contributed by atoms with Crippen molar-refractivity contribution in [3.63, 3.8) is 0 Å². The van der Waals surface area contributed by atoms with Crippen molar-refractivity contribution in [2.45, 2.75) is 52.2 Å². The second kappa shape index (κ2) is 4.46. The predicted octanol–water partition coefficient (Wildman–Crippen LogP) is 2.90. The van der Waals surface area contributed by atoms with Gasteiger partial charge in [0, 0.05) is 5.92 Å². The molecule has 0 N–H and O–H groups in total. The van der Waals surface area contributed by atoms with Gasteiger partial charge in [-0.15, -0.1) is 0 Å². The number of ketones is 1. The Morgan fingerprint density at radius 3 is 2.40 bits per heavy atom. The van der Waals surface area contributed by atoms with E-state index in [1.807, 2.05) is 13.8 Å². The summed E-state index contributed by atoms with van der Waals surface area (Å²) >= 11 is 1.70. The summed E-state index contributed by atoms with van der Waals surface area (Å²) in [4.78, 5) is 12.0. The molecule has 0 aromatic heterocycles. The van der Waals surface area contributed by atoms with Gasteiger partial charge in [-0.2, -0.15) is 11.8 Å². The van der Waals surface area contributed by atoms with E-state index in [1.165, 1.54) is 0 Å². The number of hydrogen-bond donors (Lipinski definition) is 0. The van der Waals surface area contributed by atoms with E-state index in [-0.39, 0.29) is 17.1 Å². The highest BCUT2D eigenvalue weighted by atomic mass is 32.2. The fourth-order valence-corrected chi connectivity index (χ4v) is 2.97. The van der Waals surface area contributed by atoms with Crippen LogP contribution >= 0.6 is 11.8 Å². The number of thioether (sulfide) groups is 1. The number of carbonyl (C=O) groups excluding carboxylic acids is 1. The molecule has 0 bridgehead atoms. The first-order valence-corrected chi connectivity index (χ1v) is 6.74. The van der Waals surface area contributed by atoms with Crippen molar-refractivity contribution in [1.29, 1.82) is 0 Å². The Balaban J connectivity index is 2.65. The van der Waals surface area contributed by atoms with E-state index in [2.05, 4.69) is 20.8 Å². The van der Waals surface area contributed by atoms with Gasteiger partial charge in [0.1, 0.15) is 5.78 Å². The highest BCUT2D eigenvalue weighted by molar-refractivity contribution is 7.99. The number of Topliss-reactive ketones (excluding diaryl/α,β-unsaturated/α-hetero) is 1. The molecule has 1 heterocycles. The largest absolute Gasteiger partial charge is 0.369 e. The molecule has 1 saturated heterocycles. The third kappa shape index (κ3) is 3.22. The SMILES string of the molecule is CCSCC(=O)C1CC(C)(C)OC1(C)C. The fraction of sp³-hybridized carbons (Fsp3) is 0.917. The van der Waals surface area contributed by atoms with E-state index in [1.54, 1.807) is 11.8 Å². The summed E-state index contributed by atoms with van der Waals surface area (Å²) in [5.41, 5.74) is -0.449. The molecule has 0 aromatic rings. The highest BCUT2D eigenvalue weighted by Gasteiger charge is 2.48. The normalized spacial score (nSPS) is 27.9. The summed E-state index contributed by atoms with van der Waals surface area (Å²) in [5.74, 6) is 2.04. The molecule has 3 heteroatoms. The Labute approximate surface area is 97.1 Å². The zero-order chi connectivity index (χ0) is 11.7. The molecule has 1 unspecified atom stereocenters. The average Bonchev–Trinajstić information content (AvgIpc) is 2.30. The van der Waals surface area contributed by atoms with Crippen molar-refractivity contribution < 1.29 is 9.53 Å². The van der Waals surface area contributed by atoms with E-state index < -0.39 is 0 Å². The van der Waals surface area contributed by atoms with Gasteiger partial charge in [-0.05, 0) is 39.9 Å². The van der Waals surface area contributed by atoms with Crippen LogP contribution in [0.1, 0.15) is 41.0 Å². The van der Waals surface area contributed by atoms with Crippen LogP contribution in [0.15, 0.2) is 0 Å². The average molecular weight is 230 g/mol. The van der Waals surface area contributed by atoms with Crippen molar-refractivity contribution in [2.75, 3.05) is 11.5 Å². The van der Waals surface area contributed by atoms with Crippen LogP contribution < -0.4 is 0 Å². The van der Waals surface area contributed by atoms with Gasteiger partial charge < -0.3 is 4.74 Å². The summed E-state index contributed by atoms with van der Waals surface area (Å²) in [7, 11) is 0. The van der Waals surface area contributed by atoms with Gasteiger partial charge in [0.25, 0.3) is 0 Å². The smallest absolute Gasteiger partial charge is 0.148 e. The fourth-order valence-electron chi connectivity index (χ4n) is 2.37. The molecule has 15 heavy (non-hydrogen) atoms. The predicted molar refractivity (Wildman–Crippen MR) is 65.4 cm³/mol. The monoisotopic (exact) mass is 230 g/mol. The molecule has 0 amide bonds. The number of carbonyl (C=O) groups is 1. The standard InChI is InChI=1S/C12H22O2S/c1-6-15-8-10(13)9-7-11(2,3)14-12(9,4)5/h9H,6-8H2,1-5H3. The maximum Gasteiger partial charge on any atom is 0.148 e. The zero-order valence-electron chi connectivity index (χ0n) is 10.4. The lowest BCUT2D eigenvalue weighted by molar-refractivity contribution is -0.126. The summed E-state index contributed by atoms with van der Waals surface area (Å²) in [6, 6.07) is 0. The molecule has 0 radical (unpaired) electrons. The Kier molecular flexibility index (Phi) is 3.88. The van der Waals surface area contributed by atoms with Crippen molar-refractivity contribution >= 4 is 17.5 Å². The van der Waals surface area contributed by atoms with Crippen LogP contribution in [0.4, 0.5) is 0 Å². The van der Waals surface area contributed by atoms with Gasteiger partial charge in [-0.3, -0.25) is 4.79 Å². The molecule has 2 nitrogen and oxygen atoms in total. The molecule has 88 valence electrons. The van der Waals surface area contributed by atoms with Gasteiger partial charge in [0.2, 0.25) is 0 Å². The van der Waals surface area contributed by atoms with Crippen LogP contribution in [-0.2, 0) is 9.53 Å². The molecule has 1 fully saturated rings. The van der Waals surface area contributed by atoms with Crippen molar-refractivity contribution in [3.8, 4) is 0 Å². The van der Waals surface area contributed by atoms with Gasteiger partial charge in [0.05, 0.1) is 17.0 Å². The summed E-state index contributed by atoms with van der Waals surface area (Å²) < 4.78 is 5.92. The van der Waals surface area contributed by atoms with Gasteiger partial charge in [0.15, 0.2) is 0 Å². The lowest BCUT2D eigenvalue weighted by Gasteiger charge is -2.26. The topological polar surface area (TPSA) is 26.3 Å². The van der Waals surface area contributed by atoms with Crippen LogP contribution in [-0.4, -0.2) is 28.5 Å². The molecule has 1 aliphatic heterocycles. The summed E-state index contributed by atoms with van der Waals surface area (Å²) in [6.45, 7) is 10.3. The van der Waals surface area contributed by atoms with E-state index in [9.17, 15) is 4.79 Å². The Morgan fingerprint density at radius 2 is 2.00 bits per heavy atom. The minimum Gasteiger partial charge on any atom is -0.369 e. The number of hydrogen-bond acceptors (Lipinski definition) is 3. The van der Waals surface area contributed by atoms with E-state index >= 15 is 0 Å². The quantitative estimate of drug-likeness (QED) is 0.743. The molecular formula is C12H22O2S. The maximum absolute atomic E-state index is 12.0. The second-order valence-electron chi connectivity index (χ2n) is 5.33. The molecule has 0 saturated carbocycles. The van der Waals surface area contributed by atoms with Crippen LogP contribution in [0.5, 0.6) is 0 Å². The van der Waals surface area contributed by atoms with E-state index in [4.69, 9.17) is 4.74 Å². The lowest BCUT2D eigenvalue weighted by Crippen LogP contribution is -2.34. The van der Waals surface area contributed by atoms with Crippen LogP contribution in [0, 0.1) is 5.92 Å². The maximum atomic E-state index is 12.0. The van der Waals surface area contributed by atoms with Crippen molar-refractivity contribution in [3.05, 3.63) is 0 Å². The van der Waals surface area contributed by atoms with Gasteiger partial charge in [-0.25, -0.2) is 0 Å². The molecular weight excluding hydrogens is 208 g/mol. The minimum atomic E-state index is -0.297. The van der Waals surface area contributed by atoms with Crippen LogP contribution in [0.3, 0.4) is 0 Å². The van der Waals surface area contributed by atoms with Crippen LogP contribution in [0.25, 0.3) is 0 Å². The van der Waals surface area contributed by atoms with Crippen molar-refractivity contribution in [1.82, 2.24) is 0 Å². The number of ether oxygens (including phenoxy) is 1. The lowest BCUT2D eigenvalue weighted by atomic mass is 9.84. The summed E-state index contributed by atoms with van der Waals surface area (Å²) in [6.07, 6.45) is 0.850. The first-order chi connectivity index (χ1) is 6.78. The van der Waals surface area contributed by atoms with E-state index in [0.29, 0.717) is 11.5 Å². The highest BCUT2D eigenvalue weighted by Crippen LogP contribution is 2.42. The second-order valence-corrected chi connectivity index (χ2v) is 6.60. The molecule has 0 spiro atoms. The first-order valence-electron chi connectivity index (χ1n) is 5.59. The Hall–Kier alpha value is -0.0200. The molecule has 0 aliphatic carbocycles.